The number of methoxy groups -OCH3 is 1. The van der Waals surface area contributed by atoms with Crippen molar-refractivity contribution in [3.8, 4) is 16.9 Å². The first-order valence-electron chi connectivity index (χ1n) is 7.95. The van der Waals surface area contributed by atoms with Crippen molar-refractivity contribution < 1.29 is 4.74 Å². The molecule has 0 unspecified atom stereocenters. The van der Waals surface area contributed by atoms with E-state index in [0.717, 1.165) is 39.3 Å². The van der Waals surface area contributed by atoms with Crippen LogP contribution >= 0.6 is 0 Å². The van der Waals surface area contributed by atoms with Gasteiger partial charge in [0, 0.05) is 23.9 Å². The lowest BCUT2D eigenvalue weighted by atomic mass is 10.1. The third kappa shape index (κ3) is 3.14. The summed E-state index contributed by atoms with van der Waals surface area (Å²) in [6.45, 7) is 0.622. The molecule has 0 saturated carbocycles. The molecule has 6 nitrogen and oxygen atoms in total. The highest BCUT2D eigenvalue weighted by Gasteiger charge is 2.05. The van der Waals surface area contributed by atoms with E-state index >= 15 is 0 Å². The number of anilines is 1. The topological polar surface area (TPSA) is 75.7 Å². The van der Waals surface area contributed by atoms with Gasteiger partial charge in [0.2, 0.25) is 0 Å². The van der Waals surface area contributed by atoms with Crippen LogP contribution < -0.4 is 10.1 Å². The largest absolute Gasteiger partial charge is 0.496 e. The zero-order valence-corrected chi connectivity index (χ0v) is 13.7. The lowest BCUT2D eigenvalue weighted by Crippen LogP contribution is -2.03. The van der Waals surface area contributed by atoms with Gasteiger partial charge in [0.15, 0.2) is 0 Å². The predicted molar refractivity (Wildman–Crippen MR) is 97.4 cm³/mol. The average molecular weight is 331 g/mol. The standard InChI is InChI=1S/C19H17N5O/c1-25-18-5-3-2-4-14(18)9-21-19-12-20-17-8-13(6-7-16(17)24-19)15-10-22-23-11-15/h2-8,10-12H,9H2,1H3,(H,21,24)(H,22,23). The van der Waals surface area contributed by atoms with Gasteiger partial charge in [-0.15, -0.1) is 0 Å². The van der Waals surface area contributed by atoms with Crippen molar-refractivity contribution in [2.24, 2.45) is 0 Å². The summed E-state index contributed by atoms with van der Waals surface area (Å²) >= 11 is 0. The molecule has 0 aliphatic carbocycles. The van der Waals surface area contributed by atoms with Gasteiger partial charge < -0.3 is 10.1 Å². The highest BCUT2D eigenvalue weighted by atomic mass is 16.5. The number of aromatic amines is 1. The average Bonchev–Trinajstić information content (AvgIpc) is 3.21. The maximum atomic E-state index is 5.37. The summed E-state index contributed by atoms with van der Waals surface area (Å²) in [6, 6.07) is 13.9. The predicted octanol–water partition coefficient (Wildman–Crippen LogP) is 3.64. The van der Waals surface area contributed by atoms with Crippen molar-refractivity contribution in [2.45, 2.75) is 6.54 Å². The van der Waals surface area contributed by atoms with E-state index in [1.54, 1.807) is 19.5 Å². The fourth-order valence-electron chi connectivity index (χ4n) is 2.72. The van der Waals surface area contributed by atoms with Gasteiger partial charge in [0.1, 0.15) is 11.6 Å². The number of rotatable bonds is 5. The van der Waals surface area contributed by atoms with Crippen molar-refractivity contribution in [3.05, 3.63) is 66.6 Å². The third-order valence-electron chi connectivity index (χ3n) is 4.03. The fourth-order valence-corrected chi connectivity index (χ4v) is 2.72. The van der Waals surface area contributed by atoms with E-state index in [1.165, 1.54) is 0 Å². The molecule has 0 fully saturated rings. The van der Waals surface area contributed by atoms with Crippen LogP contribution in [0.25, 0.3) is 22.2 Å². The molecule has 2 heterocycles. The van der Waals surface area contributed by atoms with Gasteiger partial charge >= 0.3 is 0 Å². The minimum absolute atomic E-state index is 0.622. The maximum Gasteiger partial charge on any atom is 0.145 e. The van der Waals surface area contributed by atoms with Gasteiger partial charge in [-0.05, 0) is 23.8 Å². The Morgan fingerprint density at radius 1 is 1.04 bits per heavy atom. The van der Waals surface area contributed by atoms with Crippen LogP contribution in [0.4, 0.5) is 5.82 Å². The van der Waals surface area contributed by atoms with Crippen molar-refractivity contribution in [2.75, 3.05) is 12.4 Å². The molecule has 0 atom stereocenters. The maximum absolute atomic E-state index is 5.37. The second-order valence-corrected chi connectivity index (χ2v) is 5.61. The second-order valence-electron chi connectivity index (χ2n) is 5.61. The summed E-state index contributed by atoms with van der Waals surface area (Å²) in [5.41, 5.74) is 4.85. The van der Waals surface area contributed by atoms with E-state index in [1.807, 2.05) is 48.7 Å². The van der Waals surface area contributed by atoms with Gasteiger partial charge in [-0.25, -0.2) is 4.98 Å². The first-order chi connectivity index (χ1) is 12.3. The lowest BCUT2D eigenvalue weighted by Gasteiger charge is -2.10. The normalized spacial score (nSPS) is 10.8. The molecular formula is C19H17N5O. The van der Waals surface area contributed by atoms with Crippen LogP contribution in [0, 0.1) is 0 Å². The van der Waals surface area contributed by atoms with Crippen LogP contribution in [0.5, 0.6) is 5.75 Å². The summed E-state index contributed by atoms with van der Waals surface area (Å²) in [5, 5.41) is 10.1. The number of benzene rings is 2. The van der Waals surface area contributed by atoms with E-state index in [9.17, 15) is 0 Å². The monoisotopic (exact) mass is 331 g/mol. The van der Waals surface area contributed by atoms with Crippen molar-refractivity contribution in [3.63, 3.8) is 0 Å². The number of nitrogens with zero attached hydrogens (tertiary/aromatic N) is 3. The highest BCUT2D eigenvalue weighted by Crippen LogP contribution is 2.23. The van der Waals surface area contributed by atoms with Gasteiger partial charge in [-0.1, -0.05) is 24.3 Å². The Morgan fingerprint density at radius 2 is 1.96 bits per heavy atom. The van der Waals surface area contributed by atoms with E-state index in [2.05, 4.69) is 25.5 Å². The van der Waals surface area contributed by atoms with Gasteiger partial charge in [0.05, 0.1) is 30.5 Å². The Balaban J connectivity index is 1.56. The quantitative estimate of drug-likeness (QED) is 0.584. The Morgan fingerprint density at radius 3 is 2.80 bits per heavy atom. The first kappa shape index (κ1) is 15.1. The molecule has 2 N–H and O–H groups in total. The third-order valence-corrected chi connectivity index (χ3v) is 4.03. The Labute approximate surface area is 144 Å². The van der Waals surface area contributed by atoms with Crippen LogP contribution in [0.2, 0.25) is 0 Å². The zero-order valence-electron chi connectivity index (χ0n) is 13.7. The molecule has 25 heavy (non-hydrogen) atoms. The number of ether oxygens (including phenoxy) is 1. The SMILES string of the molecule is COc1ccccc1CNc1cnc2cc(-c3cn[nH]c3)ccc2n1. The van der Waals surface area contributed by atoms with Crippen LogP contribution in [-0.2, 0) is 6.54 Å². The molecular weight excluding hydrogens is 314 g/mol. The smallest absolute Gasteiger partial charge is 0.145 e. The molecule has 0 spiro atoms. The fraction of sp³-hybridized carbons (Fsp3) is 0.105. The van der Waals surface area contributed by atoms with Crippen molar-refractivity contribution in [1.82, 2.24) is 20.2 Å². The van der Waals surface area contributed by atoms with Crippen LogP contribution in [0.1, 0.15) is 5.56 Å². The lowest BCUT2D eigenvalue weighted by molar-refractivity contribution is 0.410. The first-order valence-corrected chi connectivity index (χ1v) is 7.95. The van der Waals surface area contributed by atoms with Crippen LogP contribution in [0.15, 0.2) is 61.1 Å². The highest BCUT2D eigenvalue weighted by molar-refractivity contribution is 5.81. The van der Waals surface area contributed by atoms with Crippen LogP contribution in [-0.4, -0.2) is 27.3 Å². The number of fused-ring (bicyclic) bond motifs is 1. The number of para-hydroxylation sites is 1. The second kappa shape index (κ2) is 6.60. The molecule has 2 aromatic carbocycles. The minimum Gasteiger partial charge on any atom is -0.496 e. The summed E-state index contributed by atoms with van der Waals surface area (Å²) < 4.78 is 5.37. The molecule has 0 aliphatic rings. The summed E-state index contributed by atoms with van der Waals surface area (Å²) in [7, 11) is 1.67. The van der Waals surface area contributed by atoms with Crippen LogP contribution in [0.3, 0.4) is 0 Å². The molecule has 0 bridgehead atoms. The molecule has 2 aromatic heterocycles. The molecule has 0 saturated heterocycles. The number of hydrogen-bond acceptors (Lipinski definition) is 5. The number of H-pyrrole nitrogens is 1. The molecule has 0 radical (unpaired) electrons. The summed E-state index contributed by atoms with van der Waals surface area (Å²) in [6.07, 6.45) is 5.40. The van der Waals surface area contributed by atoms with E-state index in [4.69, 9.17) is 4.74 Å². The molecule has 4 rings (SSSR count). The van der Waals surface area contributed by atoms with E-state index < -0.39 is 0 Å². The number of aromatic nitrogens is 4. The van der Waals surface area contributed by atoms with E-state index in [0.29, 0.717) is 6.54 Å². The van der Waals surface area contributed by atoms with E-state index in [-0.39, 0.29) is 0 Å². The number of hydrogen-bond donors (Lipinski definition) is 2. The number of nitrogens with one attached hydrogen (secondary N) is 2. The van der Waals surface area contributed by atoms with Gasteiger partial charge in [-0.2, -0.15) is 5.10 Å². The molecule has 0 aliphatic heterocycles. The Bertz CT molecular complexity index is 998. The molecule has 4 aromatic rings. The Hall–Kier alpha value is -3.41. The molecule has 124 valence electrons. The Kier molecular flexibility index (Phi) is 4.00. The molecule has 0 amide bonds. The van der Waals surface area contributed by atoms with Gasteiger partial charge in [-0.3, -0.25) is 10.1 Å². The molecule has 6 heteroatoms. The minimum atomic E-state index is 0.622. The van der Waals surface area contributed by atoms with Crippen molar-refractivity contribution >= 4 is 16.9 Å². The summed E-state index contributed by atoms with van der Waals surface area (Å²) in [4.78, 5) is 9.15. The zero-order chi connectivity index (χ0) is 17.1. The van der Waals surface area contributed by atoms with Crippen molar-refractivity contribution in [1.29, 1.82) is 0 Å². The van der Waals surface area contributed by atoms with Gasteiger partial charge in [0.25, 0.3) is 0 Å². The summed E-state index contributed by atoms with van der Waals surface area (Å²) in [5.74, 6) is 1.59.